The van der Waals surface area contributed by atoms with Crippen molar-refractivity contribution in [3.63, 3.8) is 0 Å². The standard InChI is InChI=1S/C8H18S2.C7H16S2/c9-7-5-3-1-2-4-6-8-10;8-6-4-2-1-3-5-7-9/h9-10H,1-8H2;8-9H,1-7H2. The van der Waals surface area contributed by atoms with Gasteiger partial charge in [-0.05, 0) is 48.7 Å². The average Bonchev–Trinajstić information content (AvgIpc) is 2.43. The van der Waals surface area contributed by atoms with Crippen molar-refractivity contribution in [3.8, 4) is 0 Å². The van der Waals surface area contributed by atoms with Gasteiger partial charge in [0.25, 0.3) is 0 Å². The molecule has 0 bridgehead atoms. The maximum Gasteiger partial charge on any atom is -0.00979 e. The van der Waals surface area contributed by atoms with Gasteiger partial charge in [0.05, 0.1) is 0 Å². The van der Waals surface area contributed by atoms with Crippen molar-refractivity contribution in [2.24, 2.45) is 0 Å². The van der Waals surface area contributed by atoms with Gasteiger partial charge in [-0.1, -0.05) is 44.9 Å². The van der Waals surface area contributed by atoms with E-state index in [1.54, 1.807) is 0 Å². The molecule has 0 radical (unpaired) electrons. The van der Waals surface area contributed by atoms with Gasteiger partial charge in [0.1, 0.15) is 0 Å². The van der Waals surface area contributed by atoms with Gasteiger partial charge < -0.3 is 0 Å². The van der Waals surface area contributed by atoms with Crippen LogP contribution in [-0.4, -0.2) is 23.0 Å². The van der Waals surface area contributed by atoms with Crippen LogP contribution < -0.4 is 0 Å². The number of hydrogen-bond donors (Lipinski definition) is 4. The summed E-state index contributed by atoms with van der Waals surface area (Å²) in [5, 5.41) is 0. The lowest BCUT2D eigenvalue weighted by Crippen LogP contribution is -1.81. The Morgan fingerprint density at radius 1 is 0.263 bits per heavy atom. The normalized spacial score (nSPS) is 10.1. The van der Waals surface area contributed by atoms with Gasteiger partial charge in [0.2, 0.25) is 0 Å². The molecule has 118 valence electrons. The van der Waals surface area contributed by atoms with E-state index in [1.807, 2.05) is 0 Å². The number of rotatable bonds is 13. The van der Waals surface area contributed by atoms with Crippen LogP contribution in [-0.2, 0) is 0 Å². The molecule has 0 saturated heterocycles. The van der Waals surface area contributed by atoms with Crippen molar-refractivity contribution in [2.75, 3.05) is 23.0 Å². The first-order valence-electron chi connectivity index (χ1n) is 7.76. The minimum Gasteiger partial charge on any atom is -0.179 e. The molecule has 0 unspecified atom stereocenters. The fraction of sp³-hybridized carbons (Fsp3) is 1.00. The third-order valence-corrected chi connectivity index (χ3v) is 4.15. The predicted octanol–water partition coefficient (Wildman–Crippen LogP) is 5.98. The van der Waals surface area contributed by atoms with Crippen LogP contribution in [0.1, 0.15) is 70.6 Å². The van der Waals surface area contributed by atoms with E-state index in [4.69, 9.17) is 0 Å². The summed E-state index contributed by atoms with van der Waals surface area (Å²) < 4.78 is 0. The Morgan fingerprint density at radius 3 is 0.579 bits per heavy atom. The highest BCUT2D eigenvalue weighted by atomic mass is 32.1. The molecule has 0 atom stereocenters. The Hall–Kier alpha value is 1.40. The van der Waals surface area contributed by atoms with E-state index in [1.165, 1.54) is 70.6 Å². The molecule has 0 aliphatic heterocycles. The fourth-order valence-corrected chi connectivity index (χ4v) is 2.58. The Kier molecular flexibility index (Phi) is 29.1. The first kappa shape index (κ1) is 22.7. The highest BCUT2D eigenvalue weighted by Gasteiger charge is 1.88. The Bertz CT molecular complexity index is 117. The molecule has 0 heterocycles. The second-order valence-corrected chi connectivity index (χ2v) is 6.57. The Balaban J connectivity index is 0. The Labute approximate surface area is 143 Å². The third-order valence-electron chi connectivity index (χ3n) is 2.88. The summed E-state index contributed by atoms with van der Waals surface area (Å²) in [6.45, 7) is 0. The first-order chi connectivity index (χ1) is 9.33. The SMILES string of the molecule is SCCCCCCCCS.SCCCCCCCS. The van der Waals surface area contributed by atoms with Crippen molar-refractivity contribution in [1.82, 2.24) is 0 Å². The fourth-order valence-electron chi connectivity index (χ4n) is 1.68. The molecular weight excluding hydrogens is 308 g/mol. The summed E-state index contributed by atoms with van der Waals surface area (Å²) in [6, 6.07) is 0. The van der Waals surface area contributed by atoms with Crippen molar-refractivity contribution in [1.29, 1.82) is 0 Å². The summed E-state index contributed by atoms with van der Waals surface area (Å²) in [4.78, 5) is 0. The van der Waals surface area contributed by atoms with E-state index in [0.29, 0.717) is 0 Å². The number of thiol groups is 4. The molecule has 0 fully saturated rings. The average molecular weight is 343 g/mol. The van der Waals surface area contributed by atoms with Gasteiger partial charge in [-0.15, -0.1) is 0 Å². The lowest BCUT2D eigenvalue weighted by atomic mass is 10.1. The smallest absolute Gasteiger partial charge is 0.00979 e. The van der Waals surface area contributed by atoms with E-state index >= 15 is 0 Å². The van der Waals surface area contributed by atoms with Crippen molar-refractivity contribution in [3.05, 3.63) is 0 Å². The largest absolute Gasteiger partial charge is 0.179 e. The molecule has 0 aromatic carbocycles. The molecule has 0 spiro atoms. The second kappa shape index (κ2) is 24.4. The minimum atomic E-state index is 1.04. The van der Waals surface area contributed by atoms with Gasteiger partial charge in [0, 0.05) is 0 Å². The van der Waals surface area contributed by atoms with E-state index in [2.05, 4.69) is 50.5 Å². The third kappa shape index (κ3) is 28.3. The molecule has 19 heavy (non-hydrogen) atoms. The first-order valence-corrected chi connectivity index (χ1v) is 10.3. The van der Waals surface area contributed by atoms with Crippen LogP contribution in [0, 0.1) is 0 Å². The van der Waals surface area contributed by atoms with E-state index in [0.717, 1.165) is 23.0 Å². The molecule has 0 aromatic rings. The molecule has 0 N–H and O–H groups in total. The molecule has 0 nitrogen and oxygen atoms in total. The van der Waals surface area contributed by atoms with Crippen LogP contribution in [0.5, 0.6) is 0 Å². The van der Waals surface area contributed by atoms with Crippen LogP contribution in [0.3, 0.4) is 0 Å². The number of hydrogen-bond acceptors (Lipinski definition) is 4. The van der Waals surface area contributed by atoms with Crippen LogP contribution >= 0.6 is 50.5 Å². The molecule has 0 aliphatic rings. The predicted molar refractivity (Wildman–Crippen MR) is 106 cm³/mol. The molecular formula is C15H34S4. The zero-order valence-electron chi connectivity index (χ0n) is 12.4. The van der Waals surface area contributed by atoms with E-state index < -0.39 is 0 Å². The zero-order chi connectivity index (χ0) is 14.6. The summed E-state index contributed by atoms with van der Waals surface area (Å²) in [5.74, 6) is 4.18. The van der Waals surface area contributed by atoms with Gasteiger partial charge in [-0.2, -0.15) is 50.5 Å². The van der Waals surface area contributed by atoms with Crippen molar-refractivity contribution >= 4 is 50.5 Å². The molecule has 0 rings (SSSR count). The lowest BCUT2D eigenvalue weighted by molar-refractivity contribution is 0.630. The summed E-state index contributed by atoms with van der Waals surface area (Å²) in [6.07, 6.45) is 14.6. The monoisotopic (exact) mass is 342 g/mol. The van der Waals surface area contributed by atoms with E-state index in [-0.39, 0.29) is 0 Å². The van der Waals surface area contributed by atoms with Crippen LogP contribution in [0.15, 0.2) is 0 Å². The van der Waals surface area contributed by atoms with E-state index in [9.17, 15) is 0 Å². The van der Waals surface area contributed by atoms with Crippen molar-refractivity contribution in [2.45, 2.75) is 70.6 Å². The minimum absolute atomic E-state index is 1.04. The maximum absolute atomic E-state index is 4.15. The molecule has 0 aliphatic carbocycles. The van der Waals surface area contributed by atoms with Crippen LogP contribution in [0.2, 0.25) is 0 Å². The lowest BCUT2D eigenvalue weighted by Gasteiger charge is -1.97. The van der Waals surface area contributed by atoms with Crippen molar-refractivity contribution < 1.29 is 0 Å². The number of unbranched alkanes of at least 4 members (excludes halogenated alkanes) is 9. The summed E-state index contributed by atoms with van der Waals surface area (Å²) >= 11 is 16.6. The zero-order valence-corrected chi connectivity index (χ0v) is 16.0. The highest BCUT2D eigenvalue weighted by molar-refractivity contribution is 7.80. The highest BCUT2D eigenvalue weighted by Crippen LogP contribution is 2.06. The Morgan fingerprint density at radius 2 is 0.421 bits per heavy atom. The molecule has 0 aromatic heterocycles. The van der Waals surface area contributed by atoms with Crippen LogP contribution in [0.25, 0.3) is 0 Å². The van der Waals surface area contributed by atoms with Crippen LogP contribution in [0.4, 0.5) is 0 Å². The van der Waals surface area contributed by atoms with Gasteiger partial charge in [-0.3, -0.25) is 0 Å². The summed E-state index contributed by atoms with van der Waals surface area (Å²) in [7, 11) is 0. The quantitative estimate of drug-likeness (QED) is 0.229. The molecule has 4 heteroatoms. The maximum atomic E-state index is 4.15. The topological polar surface area (TPSA) is 0 Å². The molecule has 0 amide bonds. The van der Waals surface area contributed by atoms with Gasteiger partial charge >= 0.3 is 0 Å². The molecule has 0 saturated carbocycles. The van der Waals surface area contributed by atoms with Gasteiger partial charge in [0.15, 0.2) is 0 Å². The van der Waals surface area contributed by atoms with Gasteiger partial charge in [-0.25, -0.2) is 0 Å². The summed E-state index contributed by atoms with van der Waals surface area (Å²) in [5.41, 5.74) is 0. The second-order valence-electron chi connectivity index (χ2n) is 4.78.